The third-order valence-electron chi connectivity index (χ3n) is 4.02. The molecule has 0 radical (unpaired) electrons. The Kier molecular flexibility index (Phi) is 4.78. The molecule has 0 aromatic carbocycles. The Bertz CT molecular complexity index is 412. The number of nitrogens with zero attached hydrogens (tertiary/aromatic N) is 3. The minimum Gasteiger partial charge on any atom is -0.324 e. The molecule has 0 amide bonds. The van der Waals surface area contributed by atoms with Crippen molar-refractivity contribution in [3.8, 4) is 0 Å². The molecule has 1 fully saturated rings. The number of aromatic nitrogens is 1. The molecule has 0 saturated carbocycles. The first-order valence-corrected chi connectivity index (χ1v) is 7.44. The van der Waals surface area contributed by atoms with Gasteiger partial charge in [-0.3, -0.25) is 9.88 Å². The van der Waals surface area contributed by atoms with Gasteiger partial charge in [0.25, 0.3) is 0 Å². The maximum absolute atomic E-state index is 6.12. The van der Waals surface area contributed by atoms with Crippen LogP contribution in [0.25, 0.3) is 0 Å². The van der Waals surface area contributed by atoms with E-state index >= 15 is 0 Å². The molecule has 0 unspecified atom stereocenters. The smallest absolute Gasteiger partial charge is 0.0401 e. The molecule has 4 nitrogen and oxygen atoms in total. The second-order valence-electron chi connectivity index (χ2n) is 6.95. The van der Waals surface area contributed by atoms with Crippen LogP contribution in [0.4, 0.5) is 0 Å². The van der Waals surface area contributed by atoms with Gasteiger partial charge in [-0.2, -0.15) is 0 Å². The average molecular weight is 276 g/mol. The first-order chi connectivity index (χ1) is 9.37. The molecule has 4 heteroatoms. The summed E-state index contributed by atoms with van der Waals surface area (Å²) in [6.07, 6.45) is 5.09. The minimum atomic E-state index is -0.136. The van der Waals surface area contributed by atoms with E-state index in [1.54, 1.807) is 0 Å². The number of hydrogen-bond acceptors (Lipinski definition) is 4. The summed E-state index contributed by atoms with van der Waals surface area (Å²) in [7, 11) is 4.39. The maximum Gasteiger partial charge on any atom is 0.0401 e. The van der Waals surface area contributed by atoms with Crippen molar-refractivity contribution >= 4 is 0 Å². The quantitative estimate of drug-likeness (QED) is 0.890. The predicted octanol–water partition coefficient (Wildman–Crippen LogP) is 1.74. The standard InChI is InChI=1S/C16H28N4/c1-16(2,17)12-19(3)11-14-7-9-20(4)15(14)13-6-5-8-18-10-13/h5-6,8,10,14-15H,7,9,11-12,17H2,1-4H3/t14-,15-/m0/s1. The zero-order valence-electron chi connectivity index (χ0n) is 13.2. The zero-order valence-corrected chi connectivity index (χ0v) is 13.2. The highest BCUT2D eigenvalue weighted by molar-refractivity contribution is 5.17. The molecule has 2 heterocycles. The van der Waals surface area contributed by atoms with Crippen LogP contribution < -0.4 is 5.73 Å². The van der Waals surface area contributed by atoms with Crippen molar-refractivity contribution in [1.82, 2.24) is 14.8 Å². The Labute approximate surface area is 123 Å². The molecule has 2 N–H and O–H groups in total. The van der Waals surface area contributed by atoms with Gasteiger partial charge in [-0.15, -0.1) is 0 Å². The lowest BCUT2D eigenvalue weighted by atomic mass is 9.94. The summed E-state index contributed by atoms with van der Waals surface area (Å²) in [4.78, 5) is 9.09. The van der Waals surface area contributed by atoms with Gasteiger partial charge in [-0.25, -0.2) is 0 Å². The Morgan fingerprint density at radius 1 is 1.50 bits per heavy atom. The van der Waals surface area contributed by atoms with E-state index in [1.807, 2.05) is 18.5 Å². The Hall–Kier alpha value is -0.970. The molecule has 0 aliphatic carbocycles. The molecule has 0 spiro atoms. The summed E-state index contributed by atoms with van der Waals surface area (Å²) in [5.74, 6) is 0.650. The third-order valence-corrected chi connectivity index (χ3v) is 4.02. The maximum atomic E-state index is 6.12. The molecular weight excluding hydrogens is 248 g/mol. The summed E-state index contributed by atoms with van der Waals surface area (Å²) in [5.41, 5.74) is 7.32. The van der Waals surface area contributed by atoms with Gasteiger partial charge in [0.15, 0.2) is 0 Å². The average Bonchev–Trinajstić information content (AvgIpc) is 2.69. The van der Waals surface area contributed by atoms with E-state index in [0.717, 1.165) is 19.6 Å². The largest absolute Gasteiger partial charge is 0.324 e. The number of hydrogen-bond donors (Lipinski definition) is 1. The van der Waals surface area contributed by atoms with E-state index in [4.69, 9.17) is 5.73 Å². The van der Waals surface area contributed by atoms with Crippen molar-refractivity contribution in [2.75, 3.05) is 33.7 Å². The van der Waals surface area contributed by atoms with E-state index in [-0.39, 0.29) is 5.54 Å². The van der Waals surface area contributed by atoms with Crippen LogP contribution in [0.5, 0.6) is 0 Å². The van der Waals surface area contributed by atoms with E-state index < -0.39 is 0 Å². The summed E-state index contributed by atoms with van der Waals surface area (Å²) < 4.78 is 0. The second-order valence-corrected chi connectivity index (χ2v) is 6.95. The molecule has 112 valence electrons. The first kappa shape index (κ1) is 15.4. The molecule has 2 atom stereocenters. The SMILES string of the molecule is CN(C[C@@H]1CCN(C)[C@H]1c1cccnc1)CC(C)(C)N. The van der Waals surface area contributed by atoms with E-state index in [2.05, 4.69) is 48.8 Å². The summed E-state index contributed by atoms with van der Waals surface area (Å²) in [6.45, 7) is 7.34. The Morgan fingerprint density at radius 2 is 2.25 bits per heavy atom. The van der Waals surface area contributed by atoms with Crippen LogP contribution >= 0.6 is 0 Å². The van der Waals surface area contributed by atoms with Crippen LogP contribution in [0.2, 0.25) is 0 Å². The van der Waals surface area contributed by atoms with Crippen molar-refractivity contribution in [1.29, 1.82) is 0 Å². The van der Waals surface area contributed by atoms with Crippen molar-refractivity contribution in [2.24, 2.45) is 11.7 Å². The Balaban J connectivity index is 2.04. The van der Waals surface area contributed by atoms with Crippen molar-refractivity contribution < 1.29 is 0 Å². The normalized spacial score (nSPS) is 24.5. The predicted molar refractivity (Wildman–Crippen MR) is 83.5 cm³/mol. The molecule has 0 bridgehead atoms. The monoisotopic (exact) mass is 276 g/mol. The van der Waals surface area contributed by atoms with Crippen molar-refractivity contribution in [3.05, 3.63) is 30.1 Å². The van der Waals surface area contributed by atoms with Gasteiger partial charge >= 0.3 is 0 Å². The van der Waals surface area contributed by atoms with E-state index in [0.29, 0.717) is 12.0 Å². The summed E-state index contributed by atoms with van der Waals surface area (Å²) >= 11 is 0. The van der Waals surface area contributed by atoms with Crippen LogP contribution in [0, 0.1) is 5.92 Å². The van der Waals surface area contributed by atoms with Crippen LogP contribution in [0.3, 0.4) is 0 Å². The van der Waals surface area contributed by atoms with Crippen molar-refractivity contribution in [3.63, 3.8) is 0 Å². The highest BCUT2D eigenvalue weighted by Crippen LogP contribution is 2.36. The number of likely N-dealkylation sites (N-methyl/N-ethyl adjacent to an activating group) is 1. The van der Waals surface area contributed by atoms with Gasteiger partial charge < -0.3 is 10.6 Å². The third kappa shape index (κ3) is 4.01. The van der Waals surface area contributed by atoms with Crippen molar-refractivity contribution in [2.45, 2.75) is 31.8 Å². The molecule has 1 aromatic rings. The molecule has 2 rings (SSSR count). The van der Waals surface area contributed by atoms with E-state index in [9.17, 15) is 0 Å². The fourth-order valence-corrected chi connectivity index (χ4v) is 3.46. The van der Waals surface area contributed by atoms with Gasteiger partial charge in [0.2, 0.25) is 0 Å². The van der Waals surface area contributed by atoms with Gasteiger partial charge in [-0.1, -0.05) is 6.07 Å². The number of rotatable bonds is 5. The highest BCUT2D eigenvalue weighted by atomic mass is 15.2. The second kappa shape index (κ2) is 6.20. The van der Waals surface area contributed by atoms with Gasteiger partial charge in [0, 0.05) is 37.1 Å². The lowest BCUT2D eigenvalue weighted by Crippen LogP contribution is -2.45. The molecule has 1 aromatic heterocycles. The van der Waals surface area contributed by atoms with Gasteiger partial charge in [-0.05, 0) is 58.5 Å². The fraction of sp³-hybridized carbons (Fsp3) is 0.688. The van der Waals surface area contributed by atoms with Crippen LogP contribution in [-0.4, -0.2) is 54.1 Å². The minimum absolute atomic E-state index is 0.136. The Morgan fingerprint density at radius 3 is 2.85 bits per heavy atom. The van der Waals surface area contributed by atoms with Crippen LogP contribution in [0.15, 0.2) is 24.5 Å². The molecule has 1 saturated heterocycles. The number of pyridine rings is 1. The molecule has 1 aliphatic heterocycles. The van der Waals surface area contributed by atoms with Crippen LogP contribution in [-0.2, 0) is 0 Å². The first-order valence-electron chi connectivity index (χ1n) is 7.44. The van der Waals surface area contributed by atoms with E-state index in [1.165, 1.54) is 12.0 Å². The number of nitrogens with two attached hydrogens (primary N) is 1. The van der Waals surface area contributed by atoms with Crippen LogP contribution in [0.1, 0.15) is 31.9 Å². The molecular formula is C16H28N4. The summed E-state index contributed by atoms with van der Waals surface area (Å²) in [6, 6.07) is 4.71. The van der Waals surface area contributed by atoms with Gasteiger partial charge in [0.1, 0.15) is 0 Å². The topological polar surface area (TPSA) is 45.4 Å². The zero-order chi connectivity index (χ0) is 14.8. The lowest BCUT2D eigenvalue weighted by Gasteiger charge is -2.31. The summed E-state index contributed by atoms with van der Waals surface area (Å²) in [5, 5.41) is 0. The lowest BCUT2D eigenvalue weighted by molar-refractivity contribution is 0.197. The molecule has 20 heavy (non-hydrogen) atoms. The highest BCUT2D eigenvalue weighted by Gasteiger charge is 2.34. The van der Waals surface area contributed by atoms with Gasteiger partial charge in [0.05, 0.1) is 0 Å². The molecule has 1 aliphatic rings. The number of likely N-dealkylation sites (tertiary alicyclic amines) is 1. The fourth-order valence-electron chi connectivity index (χ4n) is 3.46.